The van der Waals surface area contributed by atoms with Crippen LogP contribution in [-0.4, -0.2) is 41.9 Å². The Morgan fingerprint density at radius 1 is 1.32 bits per heavy atom. The van der Waals surface area contributed by atoms with E-state index < -0.39 is 24.4 Å². The number of ether oxygens (including phenoxy) is 3. The first-order valence-electron chi connectivity index (χ1n) is 7.62. The molecule has 1 aliphatic rings. The highest BCUT2D eigenvalue weighted by Gasteiger charge is 2.27. The third-order valence-electron chi connectivity index (χ3n) is 3.68. The van der Waals surface area contributed by atoms with E-state index in [1.165, 1.54) is 10.9 Å². The van der Waals surface area contributed by atoms with Crippen LogP contribution >= 0.6 is 0 Å². The average Bonchev–Trinajstić information content (AvgIpc) is 3.03. The van der Waals surface area contributed by atoms with Crippen molar-refractivity contribution in [3.63, 3.8) is 0 Å². The van der Waals surface area contributed by atoms with Gasteiger partial charge in [0.15, 0.2) is 12.0 Å². The van der Waals surface area contributed by atoms with E-state index in [1.54, 1.807) is 30.3 Å². The lowest BCUT2D eigenvalue weighted by atomic mass is 10.2. The van der Waals surface area contributed by atoms with Crippen molar-refractivity contribution in [3.8, 4) is 0 Å². The molecule has 0 saturated carbocycles. The summed E-state index contributed by atoms with van der Waals surface area (Å²) in [7, 11) is 0. The fourth-order valence-corrected chi connectivity index (χ4v) is 2.36. The summed E-state index contributed by atoms with van der Waals surface area (Å²) in [5.41, 5.74) is 5.41. The molecule has 7 nitrogen and oxygen atoms in total. The largest absolute Gasteiger partial charge is 0.457 e. The number of nitrogens with zero attached hydrogens (tertiary/aromatic N) is 2. The number of hydrogen-bond acceptors (Lipinski definition) is 6. The maximum absolute atomic E-state index is 12.7. The summed E-state index contributed by atoms with van der Waals surface area (Å²) in [6, 6.07) is 8.17. The molecule has 2 aromatic rings. The van der Waals surface area contributed by atoms with Crippen molar-refractivity contribution in [2.24, 2.45) is 0 Å². The van der Waals surface area contributed by atoms with Crippen LogP contribution in [0.25, 0.3) is 0 Å². The maximum Gasteiger partial charge on any atom is 0.338 e. The molecule has 3 rings (SSSR count). The van der Waals surface area contributed by atoms with Gasteiger partial charge in [0.25, 0.3) is 6.43 Å². The Hall–Kier alpha value is -2.52. The molecule has 1 fully saturated rings. The number of esters is 1. The molecular formula is C16H17F2N3O4. The number of halogens is 2. The second-order valence-corrected chi connectivity index (χ2v) is 5.46. The van der Waals surface area contributed by atoms with Gasteiger partial charge in [0.05, 0.1) is 30.5 Å². The first kappa shape index (κ1) is 17.3. The van der Waals surface area contributed by atoms with Gasteiger partial charge in [0, 0.05) is 6.20 Å². The average molecular weight is 353 g/mol. The molecule has 2 heterocycles. The van der Waals surface area contributed by atoms with Gasteiger partial charge in [-0.05, 0) is 12.1 Å². The number of carbonyl (C=O) groups excluding carboxylic acids is 1. The van der Waals surface area contributed by atoms with Crippen molar-refractivity contribution in [2.45, 2.75) is 18.8 Å². The lowest BCUT2D eigenvalue weighted by molar-refractivity contribution is -0.212. The zero-order valence-electron chi connectivity index (χ0n) is 13.2. The van der Waals surface area contributed by atoms with Crippen molar-refractivity contribution in [2.75, 3.05) is 25.6 Å². The number of benzene rings is 1. The Morgan fingerprint density at radius 3 is 2.60 bits per heavy atom. The third-order valence-corrected chi connectivity index (χ3v) is 3.68. The zero-order valence-corrected chi connectivity index (χ0v) is 13.2. The minimum Gasteiger partial charge on any atom is -0.457 e. The molecule has 0 atom stereocenters. The van der Waals surface area contributed by atoms with E-state index in [0.29, 0.717) is 5.56 Å². The fraction of sp³-hybridized carbons (Fsp3) is 0.375. The van der Waals surface area contributed by atoms with Crippen LogP contribution < -0.4 is 5.73 Å². The summed E-state index contributed by atoms with van der Waals surface area (Å²) in [5.74, 6) is -0.476. The molecule has 1 aromatic carbocycles. The molecule has 0 amide bonds. The summed E-state index contributed by atoms with van der Waals surface area (Å²) in [6.45, 7) is 0.290. The van der Waals surface area contributed by atoms with Crippen LogP contribution in [0.15, 0.2) is 36.5 Å². The number of alkyl halides is 2. The van der Waals surface area contributed by atoms with Gasteiger partial charge in [-0.25, -0.2) is 13.6 Å². The Bertz CT molecular complexity index is 715. The van der Waals surface area contributed by atoms with Gasteiger partial charge >= 0.3 is 5.97 Å². The lowest BCUT2D eigenvalue weighted by Gasteiger charge is -2.29. The molecule has 0 unspecified atom stereocenters. The quantitative estimate of drug-likeness (QED) is 0.829. The van der Waals surface area contributed by atoms with Crippen molar-refractivity contribution >= 4 is 11.7 Å². The van der Waals surface area contributed by atoms with E-state index in [2.05, 4.69) is 5.10 Å². The topological polar surface area (TPSA) is 88.6 Å². The Balaban J connectivity index is 1.49. The maximum atomic E-state index is 12.7. The van der Waals surface area contributed by atoms with Crippen molar-refractivity contribution in [1.82, 2.24) is 9.78 Å². The van der Waals surface area contributed by atoms with Gasteiger partial charge in [0.1, 0.15) is 6.61 Å². The van der Waals surface area contributed by atoms with Crippen LogP contribution in [0, 0.1) is 0 Å². The van der Waals surface area contributed by atoms with E-state index in [4.69, 9.17) is 19.9 Å². The number of nitrogens with two attached hydrogens (primary N) is 1. The minimum absolute atomic E-state index is 0.0655. The lowest BCUT2D eigenvalue weighted by Crippen LogP contribution is -2.37. The summed E-state index contributed by atoms with van der Waals surface area (Å²) in [4.78, 5) is 11.8. The van der Waals surface area contributed by atoms with Gasteiger partial charge in [-0.2, -0.15) is 5.10 Å². The molecule has 0 radical (unpaired) electrons. The van der Waals surface area contributed by atoms with Crippen molar-refractivity contribution < 1.29 is 27.8 Å². The van der Waals surface area contributed by atoms with E-state index in [1.807, 2.05) is 0 Å². The van der Waals surface area contributed by atoms with Gasteiger partial charge in [-0.1, -0.05) is 18.2 Å². The standard InChI is InChI=1S/C16H17F2N3O4/c17-15(18)14-12(19)6-21(20-14)11-7-23-13(24-8-11)9-25-16(22)10-4-2-1-3-5-10/h1-6,11,13,15H,7-9,19H2/t11-,13-. The zero-order chi connectivity index (χ0) is 17.8. The van der Waals surface area contributed by atoms with E-state index >= 15 is 0 Å². The first-order chi connectivity index (χ1) is 12.0. The molecule has 2 N–H and O–H groups in total. The normalized spacial score (nSPS) is 20.6. The molecule has 0 bridgehead atoms. The fourth-order valence-electron chi connectivity index (χ4n) is 2.36. The van der Waals surface area contributed by atoms with Crippen LogP contribution in [0.2, 0.25) is 0 Å². The highest BCUT2D eigenvalue weighted by molar-refractivity contribution is 5.89. The summed E-state index contributed by atoms with van der Waals surface area (Å²) in [6.07, 6.45) is -2.13. The molecule has 134 valence electrons. The van der Waals surface area contributed by atoms with Crippen LogP contribution in [0.5, 0.6) is 0 Å². The molecule has 25 heavy (non-hydrogen) atoms. The summed E-state index contributed by atoms with van der Waals surface area (Å²) >= 11 is 0. The number of nitrogen functional groups attached to an aromatic ring is 1. The minimum atomic E-state index is -2.74. The van der Waals surface area contributed by atoms with Crippen molar-refractivity contribution in [3.05, 3.63) is 47.8 Å². The van der Waals surface area contributed by atoms with E-state index in [-0.39, 0.29) is 31.5 Å². The molecule has 1 aliphatic heterocycles. The number of aromatic nitrogens is 2. The van der Waals surface area contributed by atoms with Crippen LogP contribution in [0.1, 0.15) is 28.5 Å². The van der Waals surface area contributed by atoms with Crippen LogP contribution in [0.3, 0.4) is 0 Å². The van der Waals surface area contributed by atoms with Gasteiger partial charge in [-0.15, -0.1) is 0 Å². The SMILES string of the molecule is Nc1cn([C@H]2CO[C@H](COC(=O)c3ccccc3)OC2)nc1C(F)F. The molecule has 0 aliphatic carbocycles. The Labute approximate surface area is 142 Å². The smallest absolute Gasteiger partial charge is 0.338 e. The molecule has 1 aromatic heterocycles. The summed E-state index contributed by atoms with van der Waals surface area (Å²) < 4.78 is 42.8. The highest BCUT2D eigenvalue weighted by atomic mass is 19.3. The van der Waals surface area contributed by atoms with E-state index in [9.17, 15) is 13.6 Å². The predicted octanol–water partition coefficient (Wildman–Crippen LogP) is 2.17. The van der Waals surface area contributed by atoms with Crippen LogP contribution in [-0.2, 0) is 14.2 Å². The Morgan fingerprint density at radius 2 is 2.00 bits per heavy atom. The highest BCUT2D eigenvalue weighted by Crippen LogP contribution is 2.25. The monoisotopic (exact) mass is 353 g/mol. The third kappa shape index (κ3) is 4.12. The first-order valence-corrected chi connectivity index (χ1v) is 7.62. The van der Waals surface area contributed by atoms with E-state index in [0.717, 1.165) is 0 Å². The molecular weight excluding hydrogens is 336 g/mol. The van der Waals surface area contributed by atoms with Gasteiger partial charge < -0.3 is 19.9 Å². The molecule has 0 spiro atoms. The molecule has 9 heteroatoms. The van der Waals surface area contributed by atoms with Gasteiger partial charge in [-0.3, -0.25) is 4.68 Å². The second-order valence-electron chi connectivity index (χ2n) is 5.46. The van der Waals surface area contributed by atoms with Crippen molar-refractivity contribution in [1.29, 1.82) is 0 Å². The van der Waals surface area contributed by atoms with Crippen LogP contribution in [0.4, 0.5) is 14.5 Å². The number of carbonyl (C=O) groups is 1. The Kier molecular flexibility index (Phi) is 5.25. The number of hydrogen-bond donors (Lipinski definition) is 1. The summed E-state index contributed by atoms with van der Waals surface area (Å²) in [5, 5.41) is 3.77. The second kappa shape index (κ2) is 7.58. The van der Waals surface area contributed by atoms with Gasteiger partial charge in [0.2, 0.25) is 0 Å². The molecule has 1 saturated heterocycles. The number of rotatable bonds is 5. The predicted molar refractivity (Wildman–Crippen MR) is 83.0 cm³/mol. The number of anilines is 1.